The highest BCUT2D eigenvalue weighted by Gasteiger charge is 2.02. The molecule has 21 heavy (non-hydrogen) atoms. The molecule has 0 unspecified atom stereocenters. The van der Waals surface area contributed by atoms with E-state index >= 15 is 0 Å². The van der Waals surface area contributed by atoms with Gasteiger partial charge in [0.1, 0.15) is 5.75 Å². The van der Waals surface area contributed by atoms with Crippen molar-refractivity contribution in [2.24, 2.45) is 10.9 Å². The number of aliphatic imine (C=N–C) groups is 1. The fourth-order valence-corrected chi connectivity index (χ4v) is 2.21. The predicted octanol–water partition coefficient (Wildman–Crippen LogP) is 3.79. The smallest absolute Gasteiger partial charge is 0.191 e. The fourth-order valence-electron chi connectivity index (χ4n) is 1.62. The molecule has 0 bridgehead atoms. The van der Waals surface area contributed by atoms with Gasteiger partial charge in [-0.15, -0.1) is 24.0 Å². The summed E-state index contributed by atoms with van der Waals surface area (Å²) >= 11 is 3.49. The topological polar surface area (TPSA) is 45.7 Å². The van der Waals surface area contributed by atoms with Gasteiger partial charge in [0, 0.05) is 13.1 Å². The molecule has 1 rings (SSSR count). The van der Waals surface area contributed by atoms with E-state index in [1.807, 2.05) is 18.2 Å². The van der Waals surface area contributed by atoms with E-state index in [0.717, 1.165) is 34.8 Å². The molecule has 0 spiro atoms. The van der Waals surface area contributed by atoms with Gasteiger partial charge in [-0.2, -0.15) is 0 Å². The van der Waals surface area contributed by atoms with E-state index in [2.05, 4.69) is 52.3 Å². The number of nitrogens with zero attached hydrogens (tertiary/aromatic N) is 1. The SMILES string of the molecule is CCNC(=NCc1ccc(OC)c(Br)c1)NCC(C)C.I. The third kappa shape index (κ3) is 7.90. The molecule has 0 fully saturated rings. The first-order valence-electron chi connectivity index (χ1n) is 6.91. The van der Waals surface area contributed by atoms with Crippen LogP contribution in [0.15, 0.2) is 27.7 Å². The van der Waals surface area contributed by atoms with Gasteiger partial charge < -0.3 is 15.4 Å². The summed E-state index contributed by atoms with van der Waals surface area (Å²) in [6.45, 7) is 8.83. The monoisotopic (exact) mass is 469 g/mol. The number of hydrogen-bond donors (Lipinski definition) is 2. The van der Waals surface area contributed by atoms with E-state index in [4.69, 9.17) is 4.74 Å². The molecule has 6 heteroatoms. The number of rotatable bonds is 6. The average Bonchev–Trinajstić information content (AvgIpc) is 2.42. The second-order valence-electron chi connectivity index (χ2n) is 4.94. The minimum absolute atomic E-state index is 0. The number of hydrogen-bond acceptors (Lipinski definition) is 2. The Hall–Kier alpha value is -0.500. The van der Waals surface area contributed by atoms with Gasteiger partial charge in [0.25, 0.3) is 0 Å². The maximum atomic E-state index is 5.22. The van der Waals surface area contributed by atoms with Crippen molar-refractivity contribution in [2.75, 3.05) is 20.2 Å². The predicted molar refractivity (Wildman–Crippen MR) is 104 cm³/mol. The normalized spacial score (nSPS) is 11.0. The molecule has 2 N–H and O–H groups in total. The lowest BCUT2D eigenvalue weighted by atomic mass is 10.2. The van der Waals surface area contributed by atoms with E-state index in [9.17, 15) is 0 Å². The molecule has 0 aliphatic heterocycles. The average molecular weight is 470 g/mol. The van der Waals surface area contributed by atoms with E-state index in [0.29, 0.717) is 12.5 Å². The summed E-state index contributed by atoms with van der Waals surface area (Å²) in [5.41, 5.74) is 1.14. The van der Waals surface area contributed by atoms with Gasteiger partial charge in [0.2, 0.25) is 0 Å². The van der Waals surface area contributed by atoms with E-state index < -0.39 is 0 Å². The maximum absolute atomic E-state index is 5.22. The Morgan fingerprint density at radius 1 is 1.33 bits per heavy atom. The van der Waals surface area contributed by atoms with Crippen molar-refractivity contribution in [2.45, 2.75) is 27.3 Å². The second-order valence-corrected chi connectivity index (χ2v) is 5.79. The minimum Gasteiger partial charge on any atom is -0.496 e. The number of benzene rings is 1. The molecule has 0 atom stereocenters. The first kappa shape index (κ1) is 20.5. The Kier molecular flexibility index (Phi) is 10.9. The lowest BCUT2D eigenvalue weighted by Crippen LogP contribution is -2.39. The van der Waals surface area contributed by atoms with Crippen molar-refractivity contribution in [3.63, 3.8) is 0 Å². The summed E-state index contributed by atoms with van der Waals surface area (Å²) < 4.78 is 6.17. The van der Waals surface area contributed by atoms with E-state index in [1.165, 1.54) is 0 Å². The summed E-state index contributed by atoms with van der Waals surface area (Å²) in [5.74, 6) is 2.28. The number of ether oxygens (including phenoxy) is 1. The molecule has 0 radical (unpaired) electrons. The van der Waals surface area contributed by atoms with E-state index in [-0.39, 0.29) is 24.0 Å². The molecule has 0 saturated carbocycles. The van der Waals surface area contributed by atoms with Crippen LogP contribution in [0.25, 0.3) is 0 Å². The van der Waals surface area contributed by atoms with Gasteiger partial charge in [0.05, 0.1) is 18.1 Å². The van der Waals surface area contributed by atoms with Crippen molar-refractivity contribution in [3.05, 3.63) is 28.2 Å². The molecule has 1 aromatic carbocycles. The Balaban J connectivity index is 0.00000400. The first-order chi connectivity index (χ1) is 9.56. The molecule has 0 heterocycles. The van der Waals surface area contributed by atoms with Crippen LogP contribution in [-0.2, 0) is 6.54 Å². The van der Waals surface area contributed by atoms with Crippen LogP contribution in [0.1, 0.15) is 26.3 Å². The van der Waals surface area contributed by atoms with Crippen LogP contribution in [0, 0.1) is 5.92 Å². The molecular weight excluding hydrogens is 445 g/mol. The number of guanidine groups is 1. The zero-order valence-electron chi connectivity index (χ0n) is 13.1. The molecule has 0 amide bonds. The largest absolute Gasteiger partial charge is 0.496 e. The summed E-state index contributed by atoms with van der Waals surface area (Å²) in [6.07, 6.45) is 0. The zero-order valence-corrected chi connectivity index (χ0v) is 17.0. The number of nitrogens with one attached hydrogen (secondary N) is 2. The molecule has 0 aliphatic carbocycles. The van der Waals surface area contributed by atoms with Crippen LogP contribution >= 0.6 is 39.9 Å². The van der Waals surface area contributed by atoms with Crippen LogP contribution in [-0.4, -0.2) is 26.2 Å². The summed E-state index contributed by atoms with van der Waals surface area (Å²) in [5, 5.41) is 6.58. The minimum atomic E-state index is 0. The molecule has 1 aromatic rings. The van der Waals surface area contributed by atoms with Gasteiger partial charge in [-0.25, -0.2) is 4.99 Å². The van der Waals surface area contributed by atoms with Gasteiger partial charge in [-0.05, 0) is 46.5 Å². The van der Waals surface area contributed by atoms with Crippen LogP contribution in [0.5, 0.6) is 5.75 Å². The molecular formula is C15H25BrIN3O. The Morgan fingerprint density at radius 2 is 2.05 bits per heavy atom. The van der Waals surface area contributed by atoms with Crippen molar-refractivity contribution >= 4 is 45.9 Å². The zero-order chi connectivity index (χ0) is 15.0. The quantitative estimate of drug-likeness (QED) is 0.378. The summed E-state index contributed by atoms with van der Waals surface area (Å²) in [7, 11) is 1.66. The van der Waals surface area contributed by atoms with Crippen LogP contribution in [0.2, 0.25) is 0 Å². The molecule has 0 saturated heterocycles. The number of methoxy groups -OCH3 is 1. The van der Waals surface area contributed by atoms with Crippen molar-refractivity contribution in [1.82, 2.24) is 10.6 Å². The third-order valence-electron chi connectivity index (χ3n) is 2.66. The highest BCUT2D eigenvalue weighted by atomic mass is 127. The maximum Gasteiger partial charge on any atom is 0.191 e. The summed E-state index contributed by atoms with van der Waals surface area (Å²) in [6, 6.07) is 6.01. The van der Waals surface area contributed by atoms with Gasteiger partial charge in [0.15, 0.2) is 5.96 Å². The standard InChI is InChI=1S/C15H24BrN3O.HI/c1-5-17-15(18-9-11(2)3)19-10-12-6-7-14(20-4)13(16)8-12;/h6-8,11H,5,9-10H2,1-4H3,(H2,17,18,19);1H. The Morgan fingerprint density at radius 3 is 2.57 bits per heavy atom. The van der Waals surface area contributed by atoms with Crippen molar-refractivity contribution < 1.29 is 4.74 Å². The lowest BCUT2D eigenvalue weighted by molar-refractivity contribution is 0.412. The number of halogens is 2. The van der Waals surface area contributed by atoms with Crippen LogP contribution in [0.3, 0.4) is 0 Å². The van der Waals surface area contributed by atoms with Crippen LogP contribution in [0.4, 0.5) is 0 Å². The molecule has 0 aliphatic rings. The van der Waals surface area contributed by atoms with Gasteiger partial charge >= 0.3 is 0 Å². The molecule has 4 nitrogen and oxygen atoms in total. The molecule has 0 aromatic heterocycles. The third-order valence-corrected chi connectivity index (χ3v) is 3.28. The Bertz CT molecular complexity index is 453. The van der Waals surface area contributed by atoms with Crippen molar-refractivity contribution in [1.29, 1.82) is 0 Å². The van der Waals surface area contributed by atoms with Crippen molar-refractivity contribution in [3.8, 4) is 5.75 Å². The highest BCUT2D eigenvalue weighted by Crippen LogP contribution is 2.25. The fraction of sp³-hybridized carbons (Fsp3) is 0.533. The Labute approximate surface area is 153 Å². The van der Waals surface area contributed by atoms with Gasteiger partial charge in [-0.1, -0.05) is 19.9 Å². The lowest BCUT2D eigenvalue weighted by Gasteiger charge is -2.13. The highest BCUT2D eigenvalue weighted by molar-refractivity contribution is 14.0. The van der Waals surface area contributed by atoms with Crippen LogP contribution < -0.4 is 15.4 Å². The van der Waals surface area contributed by atoms with E-state index in [1.54, 1.807) is 7.11 Å². The summed E-state index contributed by atoms with van der Waals surface area (Å²) in [4.78, 5) is 4.59. The second kappa shape index (κ2) is 11.1. The first-order valence-corrected chi connectivity index (χ1v) is 7.70. The molecule has 120 valence electrons. The van der Waals surface area contributed by atoms with Gasteiger partial charge in [-0.3, -0.25) is 0 Å².